The van der Waals surface area contributed by atoms with Crippen LogP contribution in [0.15, 0.2) is 53.3 Å². The first-order valence-corrected chi connectivity index (χ1v) is 12.9. The molecule has 0 atom stereocenters. The third kappa shape index (κ3) is 6.69. The largest absolute Gasteiger partial charge is 0.362 e. The van der Waals surface area contributed by atoms with Gasteiger partial charge in [0.05, 0.1) is 10.4 Å². The van der Waals surface area contributed by atoms with E-state index >= 15 is 0 Å². The highest BCUT2D eigenvalue weighted by atomic mass is 35.5. The van der Waals surface area contributed by atoms with E-state index in [0.717, 1.165) is 6.54 Å². The molecule has 206 valence electrons. The molecule has 10 nitrogen and oxygen atoms in total. The van der Waals surface area contributed by atoms with Crippen LogP contribution in [0.25, 0.3) is 10.9 Å². The number of amides is 1. The van der Waals surface area contributed by atoms with Crippen molar-refractivity contribution in [1.29, 1.82) is 0 Å². The Morgan fingerprint density at radius 2 is 1.63 bits per heavy atom. The Kier molecular flexibility index (Phi) is 11.2. The van der Waals surface area contributed by atoms with Crippen molar-refractivity contribution in [2.24, 2.45) is 0 Å². The van der Waals surface area contributed by atoms with Crippen molar-refractivity contribution in [3.8, 4) is 0 Å². The third-order valence-corrected chi connectivity index (χ3v) is 6.52. The normalized spacial score (nSPS) is 13.1. The molecule has 3 aromatic rings. The molecule has 1 aliphatic rings. The summed E-state index contributed by atoms with van der Waals surface area (Å²) in [4.78, 5) is 43.4. The second kappa shape index (κ2) is 13.9. The van der Waals surface area contributed by atoms with E-state index in [2.05, 4.69) is 0 Å². The molecule has 1 aliphatic heterocycles. The number of rotatable bonds is 7. The zero-order valence-corrected chi connectivity index (χ0v) is 23.3. The molecule has 3 N–H and O–H groups in total. The van der Waals surface area contributed by atoms with Crippen molar-refractivity contribution in [2.45, 2.75) is 26.8 Å². The van der Waals surface area contributed by atoms with Gasteiger partial charge in [-0.3, -0.25) is 19.7 Å². The number of aromatic nitrogens is 1. The number of nitrogens with zero attached hydrogens (tertiary/aromatic N) is 5. The summed E-state index contributed by atoms with van der Waals surface area (Å²) in [5.74, 6) is -0.114. The van der Waals surface area contributed by atoms with Gasteiger partial charge in [0, 0.05) is 48.7 Å². The summed E-state index contributed by atoms with van der Waals surface area (Å²) in [7, 11) is 3.90. The number of para-hydroxylation sites is 1. The van der Waals surface area contributed by atoms with E-state index in [-0.39, 0.29) is 12.1 Å². The van der Waals surface area contributed by atoms with Crippen LogP contribution in [0.1, 0.15) is 30.6 Å². The van der Waals surface area contributed by atoms with Gasteiger partial charge < -0.3 is 25.4 Å². The number of pyridine rings is 1. The highest BCUT2D eigenvalue weighted by Crippen LogP contribution is 2.34. The predicted molar refractivity (Wildman–Crippen MR) is 154 cm³/mol. The average molecular weight is 545 g/mol. The van der Waals surface area contributed by atoms with Crippen molar-refractivity contribution in [1.82, 2.24) is 20.5 Å². The van der Waals surface area contributed by atoms with Crippen LogP contribution in [0.4, 0.5) is 11.4 Å². The lowest BCUT2D eigenvalue weighted by molar-refractivity contribution is -0.385. The summed E-state index contributed by atoms with van der Waals surface area (Å²) in [6, 6.07) is 14.0. The van der Waals surface area contributed by atoms with Crippen LogP contribution >= 0.6 is 11.6 Å². The summed E-state index contributed by atoms with van der Waals surface area (Å²) in [5, 5.41) is 13.4. The SMILES string of the molecule is CC.CN(C)CCCn1c(=O)c([N+](=O)[O-])c(N2CCN(C(=O)c3ccc(Cl)cc3)CC2)c2ccccc21.N. The summed E-state index contributed by atoms with van der Waals surface area (Å²) >= 11 is 5.93. The van der Waals surface area contributed by atoms with Crippen molar-refractivity contribution in [3.05, 3.63) is 79.6 Å². The molecule has 0 radical (unpaired) electrons. The smallest absolute Gasteiger partial charge is 0.357 e. The highest BCUT2D eigenvalue weighted by molar-refractivity contribution is 6.30. The molecule has 0 aliphatic carbocycles. The number of benzene rings is 2. The lowest BCUT2D eigenvalue weighted by atomic mass is 10.1. The first-order chi connectivity index (χ1) is 17.8. The fourth-order valence-electron chi connectivity index (χ4n) is 4.54. The standard InChI is InChI=1S/C25H28ClN5O4.C2H6.H3N/c1-27(2)12-5-13-30-21-7-4-3-6-20(21)22(23(25(30)33)31(34)35)28-14-16-29(17-15-28)24(32)18-8-10-19(26)11-9-18;1-2;/h3-4,6-11H,5,12-17H2,1-2H3;1-2H3;1H3. The molecule has 1 aromatic heterocycles. The summed E-state index contributed by atoms with van der Waals surface area (Å²) in [5.41, 5.74) is 0.544. The minimum atomic E-state index is -0.595. The van der Waals surface area contributed by atoms with Gasteiger partial charge in [-0.2, -0.15) is 0 Å². The molecule has 0 unspecified atom stereocenters. The van der Waals surface area contributed by atoms with Gasteiger partial charge in [0.2, 0.25) is 0 Å². The van der Waals surface area contributed by atoms with E-state index in [1.54, 1.807) is 29.2 Å². The quantitative estimate of drug-likeness (QED) is 0.338. The van der Waals surface area contributed by atoms with Crippen molar-refractivity contribution in [3.63, 3.8) is 0 Å². The molecule has 0 bridgehead atoms. The Morgan fingerprint density at radius 3 is 2.21 bits per heavy atom. The van der Waals surface area contributed by atoms with Crippen LogP contribution in [0, 0.1) is 10.1 Å². The zero-order chi connectivity index (χ0) is 27.1. The van der Waals surface area contributed by atoms with E-state index in [1.165, 1.54) is 4.57 Å². The molecule has 1 fully saturated rings. The molecule has 2 heterocycles. The number of hydrogen-bond acceptors (Lipinski definition) is 7. The fraction of sp³-hybridized carbons (Fsp3) is 0.407. The molecule has 0 saturated carbocycles. The van der Waals surface area contributed by atoms with Gasteiger partial charge in [0.1, 0.15) is 5.69 Å². The lowest BCUT2D eigenvalue weighted by Gasteiger charge is -2.36. The number of carbonyl (C=O) groups is 1. The van der Waals surface area contributed by atoms with Crippen LogP contribution in [-0.2, 0) is 6.54 Å². The number of aryl methyl sites for hydroxylation is 1. The van der Waals surface area contributed by atoms with Crippen molar-refractivity contribution in [2.75, 3.05) is 51.7 Å². The molecule has 1 amide bonds. The molecular formula is C27H37ClN6O4. The van der Waals surface area contributed by atoms with Gasteiger partial charge in [-0.1, -0.05) is 43.6 Å². The molecule has 4 rings (SSSR count). The second-order valence-electron chi connectivity index (χ2n) is 8.87. The Labute approximate surface area is 228 Å². The zero-order valence-electron chi connectivity index (χ0n) is 22.5. The van der Waals surface area contributed by atoms with Gasteiger partial charge in [-0.05, 0) is 57.4 Å². The highest BCUT2D eigenvalue weighted by Gasteiger charge is 2.32. The van der Waals surface area contributed by atoms with Crippen LogP contribution in [-0.4, -0.2) is 72.0 Å². The topological polar surface area (TPSA) is 127 Å². The van der Waals surface area contributed by atoms with E-state index in [1.807, 2.05) is 62.0 Å². The number of piperazine rings is 1. The number of nitro groups is 1. The summed E-state index contributed by atoms with van der Waals surface area (Å²) in [6.45, 7) is 6.70. The van der Waals surface area contributed by atoms with Gasteiger partial charge in [0.25, 0.3) is 5.91 Å². The minimum Gasteiger partial charge on any atom is -0.362 e. The Morgan fingerprint density at radius 1 is 1.03 bits per heavy atom. The third-order valence-electron chi connectivity index (χ3n) is 6.27. The number of hydrogen-bond donors (Lipinski definition) is 1. The van der Waals surface area contributed by atoms with E-state index in [0.29, 0.717) is 66.3 Å². The number of carbonyl (C=O) groups excluding carboxylic acids is 1. The molecule has 38 heavy (non-hydrogen) atoms. The maximum atomic E-state index is 13.4. The van der Waals surface area contributed by atoms with Crippen molar-refractivity contribution < 1.29 is 9.72 Å². The maximum absolute atomic E-state index is 13.4. The first-order valence-electron chi connectivity index (χ1n) is 12.5. The van der Waals surface area contributed by atoms with Crippen LogP contribution < -0.4 is 16.6 Å². The van der Waals surface area contributed by atoms with Crippen molar-refractivity contribution >= 4 is 39.8 Å². The molecule has 11 heteroatoms. The van der Waals surface area contributed by atoms with E-state index in [4.69, 9.17) is 11.6 Å². The van der Waals surface area contributed by atoms with E-state index in [9.17, 15) is 19.7 Å². The molecule has 2 aromatic carbocycles. The summed E-state index contributed by atoms with van der Waals surface area (Å²) < 4.78 is 1.51. The predicted octanol–water partition coefficient (Wildman–Crippen LogP) is 4.67. The first kappa shape index (κ1) is 30.8. The number of fused-ring (bicyclic) bond motifs is 1. The lowest BCUT2D eigenvalue weighted by Crippen LogP contribution is -2.49. The van der Waals surface area contributed by atoms with Gasteiger partial charge in [-0.15, -0.1) is 0 Å². The Balaban J connectivity index is 0.00000165. The Bertz CT molecular complexity index is 1300. The molecule has 1 saturated heterocycles. The minimum absolute atomic E-state index is 0. The number of anilines is 1. The van der Waals surface area contributed by atoms with Crippen LogP contribution in [0.2, 0.25) is 5.02 Å². The van der Waals surface area contributed by atoms with Gasteiger partial charge in [0.15, 0.2) is 0 Å². The fourth-order valence-corrected chi connectivity index (χ4v) is 4.66. The van der Waals surface area contributed by atoms with E-state index < -0.39 is 16.2 Å². The van der Waals surface area contributed by atoms with Gasteiger partial charge in [-0.25, -0.2) is 0 Å². The molecule has 0 spiro atoms. The second-order valence-corrected chi connectivity index (χ2v) is 9.31. The molecular weight excluding hydrogens is 508 g/mol. The maximum Gasteiger partial charge on any atom is 0.357 e. The Hall–Kier alpha value is -3.47. The van der Waals surface area contributed by atoms with Crippen LogP contribution in [0.5, 0.6) is 0 Å². The monoisotopic (exact) mass is 544 g/mol. The average Bonchev–Trinajstić information content (AvgIpc) is 2.90. The van der Waals surface area contributed by atoms with Gasteiger partial charge >= 0.3 is 11.2 Å². The van der Waals surface area contributed by atoms with Crippen LogP contribution in [0.3, 0.4) is 0 Å². The number of halogens is 1. The summed E-state index contributed by atoms with van der Waals surface area (Å²) in [6.07, 6.45) is 0.693.